The fraction of sp³-hybridized carbons (Fsp3) is 0.235. The van der Waals surface area contributed by atoms with Crippen LogP contribution in [0.15, 0.2) is 45.3 Å². The lowest BCUT2D eigenvalue weighted by Gasteiger charge is -2.17. The fourth-order valence-corrected chi connectivity index (χ4v) is 4.54. The molecule has 0 bridgehead atoms. The molecule has 0 aliphatic carbocycles. The molecule has 1 aliphatic rings. The summed E-state index contributed by atoms with van der Waals surface area (Å²) < 4.78 is 7.27. The number of nitrogens with zero attached hydrogens (tertiary/aromatic N) is 3. The number of benzene rings is 1. The quantitative estimate of drug-likeness (QED) is 0.557. The van der Waals surface area contributed by atoms with Gasteiger partial charge in [-0.05, 0) is 40.5 Å². The predicted molar refractivity (Wildman–Crippen MR) is 105 cm³/mol. The molecule has 5 nitrogen and oxygen atoms in total. The van der Waals surface area contributed by atoms with Crippen molar-refractivity contribution in [1.29, 1.82) is 0 Å². The highest BCUT2D eigenvalue weighted by Gasteiger charge is 2.26. The Hall–Kier alpha value is -1.64. The number of para-hydroxylation sites is 1. The molecule has 3 heterocycles. The standard InChI is InChI=1S/C17H15BrN4OS2/c1-2-9-24-17-20-16-14(21-22-17)10-5-3-4-6-11(10)19-15(23-16)12-7-8-13(18)25-12/h3-8,15,19H,2,9H2,1H3/t15-/m0/s1. The van der Waals surface area contributed by atoms with Crippen molar-refractivity contribution in [2.45, 2.75) is 24.7 Å². The number of fused-ring (bicyclic) bond motifs is 3. The molecule has 1 N–H and O–H groups in total. The van der Waals surface area contributed by atoms with Crippen LogP contribution >= 0.6 is 39.0 Å². The largest absolute Gasteiger partial charge is 0.447 e. The van der Waals surface area contributed by atoms with Gasteiger partial charge in [-0.15, -0.1) is 21.5 Å². The zero-order chi connectivity index (χ0) is 17.2. The zero-order valence-electron chi connectivity index (χ0n) is 13.4. The number of anilines is 1. The molecule has 1 atom stereocenters. The van der Waals surface area contributed by atoms with E-state index >= 15 is 0 Å². The number of hydrogen-bond acceptors (Lipinski definition) is 7. The van der Waals surface area contributed by atoms with Gasteiger partial charge in [0, 0.05) is 17.0 Å². The second-order valence-corrected chi connectivity index (χ2v) is 8.98. The Morgan fingerprint density at radius 3 is 2.92 bits per heavy atom. The van der Waals surface area contributed by atoms with Gasteiger partial charge in [-0.1, -0.05) is 36.9 Å². The van der Waals surface area contributed by atoms with Crippen molar-refractivity contribution in [2.24, 2.45) is 0 Å². The minimum absolute atomic E-state index is 0.320. The number of thiophene rings is 1. The average Bonchev–Trinajstić information content (AvgIpc) is 2.99. The van der Waals surface area contributed by atoms with Crippen molar-refractivity contribution < 1.29 is 4.74 Å². The van der Waals surface area contributed by atoms with Gasteiger partial charge in [0.05, 0.1) is 8.66 Å². The molecule has 0 amide bonds. The first-order chi connectivity index (χ1) is 12.2. The first-order valence-electron chi connectivity index (χ1n) is 7.90. The number of hydrogen-bond donors (Lipinski definition) is 1. The third kappa shape index (κ3) is 3.51. The molecular formula is C17H15BrN4OS2. The highest BCUT2D eigenvalue weighted by Crippen LogP contribution is 2.41. The Kier molecular flexibility index (Phi) is 4.91. The smallest absolute Gasteiger partial charge is 0.247 e. The summed E-state index contributed by atoms with van der Waals surface area (Å²) >= 11 is 6.74. The molecule has 128 valence electrons. The van der Waals surface area contributed by atoms with E-state index in [9.17, 15) is 0 Å². The molecule has 0 fully saturated rings. The molecule has 3 aromatic rings. The lowest BCUT2D eigenvalue weighted by atomic mass is 10.1. The predicted octanol–water partition coefficient (Wildman–Crippen LogP) is 5.37. The molecule has 0 saturated heterocycles. The Balaban J connectivity index is 1.79. The lowest BCUT2D eigenvalue weighted by molar-refractivity contribution is 0.229. The molecular weight excluding hydrogens is 420 g/mol. The van der Waals surface area contributed by atoms with Gasteiger partial charge in [0.25, 0.3) is 0 Å². The van der Waals surface area contributed by atoms with Crippen LogP contribution in [0.25, 0.3) is 11.3 Å². The second-order valence-electron chi connectivity index (χ2n) is 5.43. The van der Waals surface area contributed by atoms with Gasteiger partial charge in [0.15, 0.2) is 5.69 Å². The van der Waals surface area contributed by atoms with Gasteiger partial charge in [-0.2, -0.15) is 4.98 Å². The SMILES string of the molecule is CCCSc1nnc2c(n1)O[C@@H](c1ccc(Br)s1)Nc1ccccc1-2. The molecule has 0 spiro atoms. The van der Waals surface area contributed by atoms with Gasteiger partial charge in [0.1, 0.15) is 0 Å². The third-order valence-electron chi connectivity index (χ3n) is 3.62. The van der Waals surface area contributed by atoms with Crippen LogP contribution in [0.5, 0.6) is 5.88 Å². The van der Waals surface area contributed by atoms with E-state index in [0.29, 0.717) is 16.7 Å². The van der Waals surface area contributed by atoms with E-state index in [-0.39, 0.29) is 6.23 Å². The van der Waals surface area contributed by atoms with Crippen LogP contribution in [0.3, 0.4) is 0 Å². The normalized spacial score (nSPS) is 15.5. The molecule has 0 unspecified atom stereocenters. The minimum Gasteiger partial charge on any atom is -0.447 e. The van der Waals surface area contributed by atoms with Crippen LogP contribution in [-0.2, 0) is 0 Å². The molecule has 0 saturated carbocycles. The van der Waals surface area contributed by atoms with E-state index in [1.165, 1.54) is 0 Å². The first-order valence-corrected chi connectivity index (χ1v) is 10.5. The molecule has 0 radical (unpaired) electrons. The van der Waals surface area contributed by atoms with Gasteiger partial charge < -0.3 is 10.1 Å². The van der Waals surface area contributed by atoms with Crippen molar-refractivity contribution in [3.63, 3.8) is 0 Å². The van der Waals surface area contributed by atoms with Crippen molar-refractivity contribution in [3.05, 3.63) is 45.1 Å². The van der Waals surface area contributed by atoms with Crippen molar-refractivity contribution >= 4 is 44.7 Å². The van der Waals surface area contributed by atoms with E-state index in [0.717, 1.165) is 32.1 Å². The van der Waals surface area contributed by atoms with Crippen LogP contribution < -0.4 is 10.1 Å². The Labute approximate surface area is 162 Å². The number of thioether (sulfide) groups is 1. The first kappa shape index (κ1) is 16.8. The van der Waals surface area contributed by atoms with Crippen molar-refractivity contribution in [2.75, 3.05) is 11.1 Å². The number of ether oxygens (including phenoxy) is 1. The highest BCUT2D eigenvalue weighted by atomic mass is 79.9. The Morgan fingerprint density at radius 2 is 2.12 bits per heavy atom. The number of halogens is 1. The zero-order valence-corrected chi connectivity index (χ0v) is 16.6. The Morgan fingerprint density at radius 1 is 1.24 bits per heavy atom. The minimum atomic E-state index is -0.320. The molecule has 2 aromatic heterocycles. The van der Waals surface area contributed by atoms with Crippen LogP contribution in [0.4, 0.5) is 5.69 Å². The average molecular weight is 435 g/mol. The van der Waals surface area contributed by atoms with Gasteiger partial charge >= 0.3 is 0 Å². The maximum Gasteiger partial charge on any atom is 0.247 e. The van der Waals surface area contributed by atoms with Crippen molar-refractivity contribution in [1.82, 2.24) is 15.2 Å². The Bertz CT molecular complexity index is 902. The van der Waals surface area contributed by atoms with Gasteiger partial charge in [0.2, 0.25) is 17.3 Å². The number of rotatable bonds is 4. The van der Waals surface area contributed by atoms with E-state index in [1.54, 1.807) is 23.1 Å². The topological polar surface area (TPSA) is 59.9 Å². The maximum absolute atomic E-state index is 6.21. The molecule has 25 heavy (non-hydrogen) atoms. The van der Waals surface area contributed by atoms with Crippen molar-refractivity contribution in [3.8, 4) is 17.1 Å². The van der Waals surface area contributed by atoms with Gasteiger partial charge in [-0.3, -0.25) is 0 Å². The van der Waals surface area contributed by atoms with Crippen LogP contribution in [0.2, 0.25) is 0 Å². The summed E-state index contributed by atoms with van der Waals surface area (Å²) in [5.41, 5.74) is 2.57. The monoisotopic (exact) mass is 434 g/mol. The lowest BCUT2D eigenvalue weighted by Crippen LogP contribution is -2.15. The number of aromatic nitrogens is 3. The van der Waals surface area contributed by atoms with Crippen LogP contribution in [0.1, 0.15) is 24.4 Å². The summed E-state index contributed by atoms with van der Waals surface area (Å²) in [6.45, 7) is 2.13. The summed E-state index contributed by atoms with van der Waals surface area (Å²) in [5.74, 6) is 1.47. The fourth-order valence-electron chi connectivity index (χ4n) is 2.50. The molecule has 1 aromatic carbocycles. The third-order valence-corrected chi connectivity index (χ3v) is 6.33. The second kappa shape index (κ2) is 7.31. The molecule has 4 rings (SSSR count). The summed E-state index contributed by atoms with van der Waals surface area (Å²) in [6, 6.07) is 12.1. The number of nitrogens with one attached hydrogen (secondary N) is 1. The summed E-state index contributed by atoms with van der Waals surface area (Å²) in [4.78, 5) is 5.68. The summed E-state index contributed by atoms with van der Waals surface area (Å²) in [5, 5.41) is 12.8. The van der Waals surface area contributed by atoms with Crippen LogP contribution in [-0.4, -0.2) is 20.9 Å². The van der Waals surface area contributed by atoms with E-state index in [4.69, 9.17) is 4.74 Å². The van der Waals surface area contributed by atoms with E-state index < -0.39 is 0 Å². The summed E-state index contributed by atoms with van der Waals surface area (Å²) in [6.07, 6.45) is 0.738. The molecule has 1 aliphatic heterocycles. The highest BCUT2D eigenvalue weighted by molar-refractivity contribution is 9.11. The maximum atomic E-state index is 6.21. The van der Waals surface area contributed by atoms with E-state index in [2.05, 4.69) is 43.4 Å². The van der Waals surface area contributed by atoms with Gasteiger partial charge in [-0.25, -0.2) is 0 Å². The van der Waals surface area contributed by atoms with E-state index in [1.807, 2.05) is 36.4 Å². The molecule has 8 heteroatoms. The van der Waals surface area contributed by atoms with Crippen LogP contribution in [0, 0.1) is 0 Å². The summed E-state index contributed by atoms with van der Waals surface area (Å²) in [7, 11) is 0.